The third-order valence-electron chi connectivity index (χ3n) is 14.1. The molecule has 0 fully saturated rings. The Kier molecular flexibility index (Phi) is 35.5. The zero-order valence-corrected chi connectivity index (χ0v) is 55.8. The number of hydrogen-bond donors (Lipinski definition) is 3. The first-order valence-corrected chi connectivity index (χ1v) is 32.0. The largest absolute Gasteiger partial charge is 4.00 e. The Labute approximate surface area is 524 Å². The molecule has 0 radical (unpaired) electrons. The molecule has 442 valence electrons. The summed E-state index contributed by atoms with van der Waals surface area (Å²) in [4.78, 5) is 0.675. The number of sulfonamides is 2. The van der Waals surface area contributed by atoms with Crippen LogP contribution >= 0.6 is 9.69 Å². The molecule has 0 amide bonds. The average Bonchev–Trinajstić information content (AvgIpc) is 3.51. The van der Waals surface area contributed by atoms with E-state index in [2.05, 4.69) is 90.5 Å². The first kappa shape index (κ1) is 75.6. The van der Waals surface area contributed by atoms with Crippen molar-refractivity contribution >= 4 is 29.7 Å². The van der Waals surface area contributed by atoms with E-state index in [-0.39, 0.29) is 61.3 Å². The van der Waals surface area contributed by atoms with Crippen LogP contribution in [0.5, 0.6) is 0 Å². The van der Waals surface area contributed by atoms with E-state index in [1.807, 2.05) is 180 Å². The number of nitrogens with one attached hydrogen (secondary N) is 3. The van der Waals surface area contributed by atoms with Crippen LogP contribution in [0.25, 0.3) is 4.72 Å². The summed E-state index contributed by atoms with van der Waals surface area (Å²) in [6, 6.07) is 46.0. The second-order valence-corrected chi connectivity index (χ2v) is 23.5. The number of benzene rings is 6. The van der Waals surface area contributed by atoms with Crippen molar-refractivity contribution in [2.45, 2.75) is 133 Å². The molecule has 2 aliphatic carbocycles. The number of rotatable bonds is 23. The number of halogens is 1. The Morgan fingerprint density at radius 2 is 0.854 bits per heavy atom. The summed E-state index contributed by atoms with van der Waals surface area (Å²) in [6.07, 6.45) is 23.0. The minimum Gasteiger partial charge on any atom is 4.00 e. The van der Waals surface area contributed by atoms with E-state index in [9.17, 15) is 16.8 Å². The van der Waals surface area contributed by atoms with Gasteiger partial charge in [-0.2, -0.15) is 0 Å². The summed E-state index contributed by atoms with van der Waals surface area (Å²) in [5.74, 6) is 0. The van der Waals surface area contributed by atoms with E-state index in [0.717, 1.165) is 127 Å². The number of unbranched alkanes of at least 4 members (excludes halogenated alkanes) is 1. The van der Waals surface area contributed by atoms with Crippen molar-refractivity contribution in [3.8, 4) is 0 Å². The van der Waals surface area contributed by atoms with Gasteiger partial charge in [-0.3, -0.25) is 0 Å². The van der Waals surface area contributed by atoms with Gasteiger partial charge in [-0.25, -0.2) is 21.6 Å². The van der Waals surface area contributed by atoms with Gasteiger partial charge in [-0.15, -0.1) is 0 Å². The molecule has 6 aromatic carbocycles. The van der Waals surface area contributed by atoms with E-state index in [0.29, 0.717) is 9.79 Å². The van der Waals surface area contributed by atoms with Crippen molar-refractivity contribution in [2.24, 2.45) is 0 Å². The molecule has 0 saturated carbocycles. The molecule has 3 N–H and O–H groups in total. The molecule has 0 heterocycles. The molecule has 0 saturated heterocycles. The zero-order chi connectivity index (χ0) is 55.2. The van der Waals surface area contributed by atoms with Gasteiger partial charge in [0.15, 0.2) is 0 Å². The quantitative estimate of drug-likeness (QED) is 0.0334. The summed E-state index contributed by atoms with van der Waals surface area (Å²) in [6.45, 7) is 13.0. The first-order chi connectivity index (χ1) is 37.2. The van der Waals surface area contributed by atoms with Crippen LogP contribution in [0.2, 0.25) is 0 Å². The molecule has 13 heteroatoms. The van der Waals surface area contributed by atoms with E-state index in [4.69, 9.17) is 0 Å². The van der Waals surface area contributed by atoms with Crippen LogP contribution in [0.3, 0.4) is 0 Å². The molecular formula is C69H89ClN4O4Ru2S2+2. The second kappa shape index (κ2) is 38.5. The predicted octanol–water partition coefficient (Wildman–Crippen LogP) is 17.7. The fourth-order valence-corrected chi connectivity index (χ4v) is 14.0. The van der Waals surface area contributed by atoms with Crippen LogP contribution in [0.1, 0.15) is 138 Å². The van der Waals surface area contributed by atoms with E-state index in [1.54, 1.807) is 0 Å². The number of nitrogens with zero attached hydrogens (tertiary/aromatic N) is 1. The van der Waals surface area contributed by atoms with Crippen molar-refractivity contribution in [3.63, 3.8) is 0 Å². The van der Waals surface area contributed by atoms with Gasteiger partial charge in [-0.1, -0.05) is 216 Å². The van der Waals surface area contributed by atoms with Crippen molar-refractivity contribution in [2.75, 3.05) is 13.1 Å². The van der Waals surface area contributed by atoms with Crippen molar-refractivity contribution in [1.29, 1.82) is 0 Å². The van der Waals surface area contributed by atoms with Gasteiger partial charge in [-0.05, 0) is 151 Å². The summed E-state index contributed by atoms with van der Waals surface area (Å²) in [5, 5.41) is 7.41. The number of aryl methyl sites for hydroxylation is 6. The Morgan fingerprint density at radius 3 is 1.28 bits per heavy atom. The normalized spacial score (nSPS) is 14.0. The van der Waals surface area contributed by atoms with Crippen molar-refractivity contribution in [1.82, 2.24) is 15.4 Å². The topological polar surface area (TPSA) is 118 Å². The third kappa shape index (κ3) is 22.5. The van der Waals surface area contributed by atoms with Crippen LogP contribution in [0, 0.1) is 71.2 Å². The van der Waals surface area contributed by atoms with Crippen LogP contribution in [-0.4, -0.2) is 29.9 Å². The fourth-order valence-electron chi connectivity index (χ4n) is 10.7. The number of hydrogen-bond acceptors (Lipinski definition) is 6. The maximum atomic E-state index is 13.9. The fraction of sp³-hybridized carbons (Fsp3) is 0.304. The van der Waals surface area contributed by atoms with Gasteiger partial charge in [0.1, 0.15) is 10.0 Å². The van der Waals surface area contributed by atoms with E-state index in [1.165, 1.54) is 11.1 Å². The van der Waals surface area contributed by atoms with Gasteiger partial charge in [0.25, 0.3) is 0 Å². The average molecular weight is 1340 g/mol. The minimum atomic E-state index is -3.92. The molecule has 2 aliphatic rings. The van der Waals surface area contributed by atoms with Gasteiger partial charge in [0, 0.05) is 6.04 Å². The molecule has 0 aliphatic heterocycles. The molecule has 8 rings (SSSR count). The van der Waals surface area contributed by atoms with Crippen LogP contribution in [0.15, 0.2) is 203 Å². The summed E-state index contributed by atoms with van der Waals surface area (Å²) < 4.78 is 63.2. The molecule has 82 heavy (non-hydrogen) atoms. The van der Waals surface area contributed by atoms with Gasteiger partial charge in [0.2, 0.25) is 10.0 Å². The van der Waals surface area contributed by atoms with Gasteiger partial charge in [0.05, 0.1) is 21.9 Å². The van der Waals surface area contributed by atoms with Gasteiger partial charge < -0.3 is 45.1 Å². The molecule has 4 atom stereocenters. The van der Waals surface area contributed by atoms with Crippen LogP contribution in [-0.2, 0) is 56.8 Å². The summed E-state index contributed by atoms with van der Waals surface area (Å²) >= 11 is 1.82. The van der Waals surface area contributed by atoms with Crippen molar-refractivity contribution < 1.29 is 53.6 Å². The Balaban J connectivity index is 0.000000752. The number of allylic oxidation sites excluding steroid dienone is 8. The van der Waals surface area contributed by atoms with E-state index < -0.39 is 32.1 Å². The Bertz CT molecular complexity index is 3110. The predicted molar refractivity (Wildman–Crippen MR) is 342 cm³/mol. The monoisotopic (exact) mass is 1340 g/mol. The first-order valence-electron chi connectivity index (χ1n) is 26.8. The molecule has 8 nitrogen and oxygen atoms in total. The maximum Gasteiger partial charge on any atom is 4.00 e. The Hall–Kier alpha value is -4.44. The standard InChI is InChI=1S/C33H39N2O2S.C32H38N2O2S.4CH3.ClH.2Ru/c1-25-23-26(2)33(27(3)24-25)38(36,37)35-32(30-20-11-6-12-21-30)31(29-18-9-5-10-19-29)34-22-14-13-17-28-15-7-4-8-16-28;1-24-22-25(2)32(26(3)23-24)37(35,36)34-31(29-19-11-6-12-20-29)30(28-17-9-5-10-18-28)33-21-13-16-27-14-7-4-8-15-27;;;;;;;/h4-7,9-12,15,18-21,23-24,31-32,34H,8,13-14,16-17,22H2,1-3H3;4-7,9-12,14,17-20,22-23,30-31,33-34H,8,13,15-16,21H2,1-3H3;4*1H3;1H;;/q-1;;4*-1;;2*+4/p-1. The summed E-state index contributed by atoms with van der Waals surface area (Å²) in [5.41, 5.74) is 12.0. The molecule has 4 unspecified atom stereocenters. The third-order valence-corrected chi connectivity index (χ3v) is 17.5. The zero-order valence-electron chi connectivity index (χ0n) is 49.9. The Morgan fingerprint density at radius 1 is 0.488 bits per heavy atom. The van der Waals surface area contributed by atoms with Gasteiger partial charge >= 0.3 is 46.5 Å². The van der Waals surface area contributed by atoms with E-state index >= 15 is 0 Å². The molecule has 0 spiro atoms. The maximum absolute atomic E-state index is 13.9. The minimum absolute atomic E-state index is 0. The smallest absolute Gasteiger partial charge is 4.00 e. The molecule has 6 aromatic rings. The van der Waals surface area contributed by atoms with Crippen molar-refractivity contribution in [3.05, 3.63) is 283 Å². The van der Waals surface area contributed by atoms with Crippen LogP contribution < -0.4 is 15.4 Å². The summed E-state index contributed by atoms with van der Waals surface area (Å²) in [7, 11) is -3.14. The molecule has 0 bridgehead atoms. The van der Waals surface area contributed by atoms with Crippen LogP contribution in [0.4, 0.5) is 0 Å². The SMILES string of the molecule is Cc1cc(C)c(S(=O)(=O)NC(c2ccccc2)C(NCCCC2=CC=CCC2)c2ccccc2)c(C)c1.Cc1cc(C)c(S(=O)(=O)[N-]C(c2ccccc2)C(NCCCCC2=CC=CCC2)c2ccccc2)c(C)c1.[CH3-].[CH3-].[CH3-].[CH3-].[Cl][Ru+3].[Ru+4]. The second-order valence-electron chi connectivity index (χ2n) is 20.2. The molecular weight excluding hydrogens is 1250 g/mol. The molecule has 0 aromatic heterocycles.